The molecule has 0 spiro atoms. The minimum atomic E-state index is -1.33. The highest BCUT2D eigenvalue weighted by Crippen LogP contribution is 2.11. The van der Waals surface area contributed by atoms with Crippen LogP contribution in [0, 0.1) is 0 Å². The molecule has 0 rings (SSSR count). The fraction of sp³-hybridized carbons (Fsp3) is 0.700. The maximum Gasteiger partial charge on any atom is 0.326 e. The van der Waals surface area contributed by atoms with Crippen molar-refractivity contribution in [1.82, 2.24) is 5.32 Å². The average Bonchev–Trinajstić information content (AvgIpc) is 2.26. The summed E-state index contributed by atoms with van der Waals surface area (Å²) in [6, 6.07) is -1.33. The van der Waals surface area contributed by atoms with Crippen LogP contribution in [0.5, 0.6) is 0 Å². The Balaban J connectivity index is 4.71. The number of hydrogen-bond donors (Lipinski definition) is 4. The monoisotopic (exact) mass is 245 g/mol. The van der Waals surface area contributed by atoms with E-state index < -0.39 is 35.8 Å². The van der Waals surface area contributed by atoms with Crippen molar-refractivity contribution in [3.63, 3.8) is 0 Å². The standard InChI is InChI=1S/C10H19N3O4/c1-3-10(12,4-2)9(17)13-6(8(15)16)5-7(11)14/h6H,3-5,12H2,1-2H3,(H2,11,14)(H,13,17)(H,15,16)/t6-/m1/s1. The van der Waals surface area contributed by atoms with Gasteiger partial charge in [-0.05, 0) is 12.8 Å². The first kappa shape index (κ1) is 15.4. The van der Waals surface area contributed by atoms with Crippen molar-refractivity contribution in [1.29, 1.82) is 0 Å². The van der Waals surface area contributed by atoms with Crippen LogP contribution in [0.3, 0.4) is 0 Å². The molecular formula is C10H19N3O4. The van der Waals surface area contributed by atoms with E-state index in [1.165, 1.54) is 0 Å². The summed E-state index contributed by atoms with van der Waals surface area (Å²) in [7, 11) is 0. The summed E-state index contributed by atoms with van der Waals surface area (Å²) in [5.74, 6) is -2.70. The Labute approximate surface area is 99.5 Å². The van der Waals surface area contributed by atoms with Crippen LogP contribution in [0.2, 0.25) is 0 Å². The average molecular weight is 245 g/mol. The van der Waals surface area contributed by atoms with E-state index in [2.05, 4.69) is 5.32 Å². The summed E-state index contributed by atoms with van der Waals surface area (Å²) in [5.41, 5.74) is 9.57. The molecule has 0 aromatic rings. The largest absolute Gasteiger partial charge is 0.480 e. The van der Waals surface area contributed by atoms with Gasteiger partial charge in [-0.15, -0.1) is 0 Å². The second-order valence-corrected chi connectivity index (χ2v) is 3.90. The third-order valence-corrected chi connectivity index (χ3v) is 2.72. The maximum absolute atomic E-state index is 11.8. The van der Waals surface area contributed by atoms with Crippen molar-refractivity contribution in [2.75, 3.05) is 0 Å². The van der Waals surface area contributed by atoms with E-state index in [0.717, 1.165) is 0 Å². The Bertz CT molecular complexity index is 313. The van der Waals surface area contributed by atoms with Crippen molar-refractivity contribution < 1.29 is 19.5 Å². The van der Waals surface area contributed by atoms with Crippen LogP contribution in [0.4, 0.5) is 0 Å². The lowest BCUT2D eigenvalue weighted by atomic mass is 9.92. The number of nitrogens with one attached hydrogen (secondary N) is 1. The van der Waals surface area contributed by atoms with Crippen molar-refractivity contribution in [2.45, 2.75) is 44.7 Å². The normalized spacial score (nSPS) is 12.9. The van der Waals surface area contributed by atoms with E-state index in [9.17, 15) is 14.4 Å². The topological polar surface area (TPSA) is 136 Å². The first-order chi connectivity index (χ1) is 7.76. The molecule has 0 aromatic carbocycles. The number of carboxylic acids is 1. The van der Waals surface area contributed by atoms with Crippen LogP contribution < -0.4 is 16.8 Å². The van der Waals surface area contributed by atoms with Gasteiger partial charge >= 0.3 is 5.97 Å². The van der Waals surface area contributed by atoms with Crippen molar-refractivity contribution in [3.8, 4) is 0 Å². The Morgan fingerprint density at radius 3 is 2.06 bits per heavy atom. The Hall–Kier alpha value is -1.63. The number of aliphatic carboxylic acids is 1. The second kappa shape index (κ2) is 6.19. The van der Waals surface area contributed by atoms with Crippen LogP contribution >= 0.6 is 0 Å². The van der Waals surface area contributed by atoms with Gasteiger partial charge in [-0.1, -0.05) is 13.8 Å². The lowest BCUT2D eigenvalue weighted by Gasteiger charge is -2.27. The summed E-state index contributed by atoms with van der Waals surface area (Å²) in [5, 5.41) is 11.0. The molecule has 0 saturated heterocycles. The maximum atomic E-state index is 11.8. The lowest BCUT2D eigenvalue weighted by molar-refractivity contribution is -0.144. The quantitative estimate of drug-likeness (QED) is 0.453. The molecule has 0 aliphatic heterocycles. The molecule has 2 amide bonds. The third kappa shape index (κ3) is 4.39. The van der Waals surface area contributed by atoms with Gasteiger partial charge in [0.25, 0.3) is 0 Å². The predicted molar refractivity (Wildman–Crippen MR) is 60.9 cm³/mol. The molecule has 0 aliphatic rings. The first-order valence-corrected chi connectivity index (χ1v) is 5.37. The number of hydrogen-bond acceptors (Lipinski definition) is 4. The molecule has 0 aliphatic carbocycles. The van der Waals surface area contributed by atoms with E-state index in [4.69, 9.17) is 16.6 Å². The lowest BCUT2D eigenvalue weighted by Crippen LogP contribution is -2.57. The Kier molecular flexibility index (Phi) is 5.60. The number of carboxylic acid groups (broad SMARTS) is 1. The van der Waals surface area contributed by atoms with Crippen LogP contribution in [-0.4, -0.2) is 34.5 Å². The number of rotatable bonds is 7. The molecule has 17 heavy (non-hydrogen) atoms. The van der Waals surface area contributed by atoms with E-state index in [0.29, 0.717) is 12.8 Å². The van der Waals surface area contributed by atoms with Crippen LogP contribution in [0.1, 0.15) is 33.1 Å². The molecule has 0 saturated carbocycles. The Morgan fingerprint density at radius 2 is 1.76 bits per heavy atom. The number of primary amides is 1. The molecule has 0 bridgehead atoms. The predicted octanol–water partition coefficient (Wildman–Crippen LogP) is -1.05. The highest BCUT2D eigenvalue weighted by atomic mass is 16.4. The van der Waals surface area contributed by atoms with Gasteiger partial charge in [0.05, 0.1) is 12.0 Å². The zero-order valence-electron chi connectivity index (χ0n) is 10.0. The van der Waals surface area contributed by atoms with Gasteiger partial charge in [0.1, 0.15) is 6.04 Å². The number of carbonyl (C=O) groups excluding carboxylic acids is 2. The molecule has 0 heterocycles. The smallest absolute Gasteiger partial charge is 0.326 e. The Morgan fingerprint density at radius 1 is 1.29 bits per heavy atom. The van der Waals surface area contributed by atoms with Gasteiger partial charge in [0.2, 0.25) is 11.8 Å². The molecular weight excluding hydrogens is 226 g/mol. The summed E-state index contributed by atoms with van der Waals surface area (Å²) < 4.78 is 0. The summed E-state index contributed by atoms with van der Waals surface area (Å²) in [6.07, 6.45) is 0.293. The minimum absolute atomic E-state index is 0.373. The zero-order valence-corrected chi connectivity index (χ0v) is 10.0. The zero-order chi connectivity index (χ0) is 13.6. The molecule has 1 atom stereocenters. The third-order valence-electron chi connectivity index (χ3n) is 2.72. The van der Waals surface area contributed by atoms with E-state index in [1.54, 1.807) is 13.8 Å². The van der Waals surface area contributed by atoms with Crippen molar-refractivity contribution in [2.24, 2.45) is 11.5 Å². The van der Waals surface area contributed by atoms with Crippen LogP contribution in [0.15, 0.2) is 0 Å². The molecule has 0 fully saturated rings. The first-order valence-electron chi connectivity index (χ1n) is 5.37. The fourth-order valence-corrected chi connectivity index (χ4v) is 1.27. The SMILES string of the molecule is CCC(N)(CC)C(=O)N[C@H](CC(N)=O)C(=O)O. The molecule has 6 N–H and O–H groups in total. The van der Waals surface area contributed by atoms with E-state index >= 15 is 0 Å². The highest BCUT2D eigenvalue weighted by Gasteiger charge is 2.33. The molecule has 7 nitrogen and oxygen atoms in total. The number of amides is 2. The highest BCUT2D eigenvalue weighted by molar-refractivity contribution is 5.92. The molecule has 0 radical (unpaired) electrons. The fourth-order valence-electron chi connectivity index (χ4n) is 1.27. The van der Waals surface area contributed by atoms with Crippen LogP contribution in [0.25, 0.3) is 0 Å². The van der Waals surface area contributed by atoms with Gasteiger partial charge in [-0.25, -0.2) is 4.79 Å². The van der Waals surface area contributed by atoms with Crippen LogP contribution in [-0.2, 0) is 14.4 Å². The van der Waals surface area contributed by atoms with Gasteiger partial charge in [0, 0.05) is 0 Å². The molecule has 0 aromatic heterocycles. The van der Waals surface area contributed by atoms with Gasteiger partial charge in [-0.3, -0.25) is 9.59 Å². The van der Waals surface area contributed by atoms with Crippen molar-refractivity contribution in [3.05, 3.63) is 0 Å². The summed E-state index contributed by atoms with van der Waals surface area (Å²) in [4.78, 5) is 33.2. The molecule has 98 valence electrons. The van der Waals surface area contributed by atoms with Crippen molar-refractivity contribution >= 4 is 17.8 Å². The van der Waals surface area contributed by atoms with Gasteiger partial charge < -0.3 is 21.9 Å². The summed E-state index contributed by atoms with van der Waals surface area (Å²) in [6.45, 7) is 3.46. The van der Waals surface area contributed by atoms with E-state index in [1.807, 2.05) is 0 Å². The summed E-state index contributed by atoms with van der Waals surface area (Å²) >= 11 is 0. The molecule has 7 heteroatoms. The molecule has 0 unspecified atom stereocenters. The number of nitrogens with two attached hydrogens (primary N) is 2. The second-order valence-electron chi connectivity index (χ2n) is 3.90. The van der Waals surface area contributed by atoms with Gasteiger partial charge in [0.15, 0.2) is 0 Å². The number of carbonyl (C=O) groups is 3. The van der Waals surface area contributed by atoms with Gasteiger partial charge in [-0.2, -0.15) is 0 Å². The minimum Gasteiger partial charge on any atom is -0.480 e. The van der Waals surface area contributed by atoms with E-state index in [-0.39, 0.29) is 0 Å².